The Hall–Kier alpha value is -2.62. The third kappa shape index (κ3) is 1.36. The number of aromatic nitrogens is 2. The number of aromatic hydroxyl groups is 1. The van der Waals surface area contributed by atoms with Gasteiger partial charge in [-0.2, -0.15) is 0 Å². The van der Waals surface area contributed by atoms with Crippen LogP contribution >= 0.6 is 0 Å². The molecule has 0 saturated carbocycles. The maximum atomic E-state index is 10.4. The predicted octanol–water partition coefficient (Wildman–Crippen LogP) is 1.86. The van der Waals surface area contributed by atoms with E-state index in [1.807, 2.05) is 47.9 Å². The van der Waals surface area contributed by atoms with Crippen molar-refractivity contribution < 1.29 is 5.11 Å². The highest BCUT2D eigenvalue weighted by atomic mass is 16.3. The SMILES string of the molecule is CCn1c(O)c2cccc3c2c1C=c1cccnc1=N3. The molecule has 4 heteroatoms. The van der Waals surface area contributed by atoms with Gasteiger partial charge in [0, 0.05) is 28.7 Å². The summed E-state index contributed by atoms with van der Waals surface area (Å²) in [7, 11) is 0. The van der Waals surface area contributed by atoms with Crippen molar-refractivity contribution in [3.05, 3.63) is 52.9 Å². The number of benzene rings is 1. The van der Waals surface area contributed by atoms with Gasteiger partial charge in [0.1, 0.15) is 0 Å². The van der Waals surface area contributed by atoms with Crippen molar-refractivity contribution in [2.24, 2.45) is 4.99 Å². The van der Waals surface area contributed by atoms with Gasteiger partial charge in [0.15, 0.2) is 11.4 Å². The molecule has 4 nitrogen and oxygen atoms in total. The molecule has 4 rings (SSSR count). The Morgan fingerprint density at radius 2 is 2.10 bits per heavy atom. The lowest BCUT2D eigenvalue weighted by atomic mass is 10.1. The maximum absolute atomic E-state index is 10.4. The molecule has 0 atom stereocenters. The Morgan fingerprint density at radius 3 is 2.95 bits per heavy atom. The Kier molecular flexibility index (Phi) is 2.21. The molecular weight excluding hydrogens is 250 g/mol. The summed E-state index contributed by atoms with van der Waals surface area (Å²) in [6.07, 6.45) is 3.80. The van der Waals surface area contributed by atoms with Gasteiger partial charge in [0.05, 0.1) is 11.4 Å². The second kappa shape index (κ2) is 3.93. The van der Waals surface area contributed by atoms with Crippen molar-refractivity contribution in [2.45, 2.75) is 13.5 Å². The summed E-state index contributed by atoms with van der Waals surface area (Å²) in [6, 6.07) is 9.70. The second-order valence-corrected chi connectivity index (χ2v) is 4.83. The van der Waals surface area contributed by atoms with Crippen LogP contribution in [0.25, 0.3) is 16.8 Å². The first-order chi connectivity index (χ1) is 9.79. The second-order valence-electron chi connectivity index (χ2n) is 4.83. The minimum absolute atomic E-state index is 0.304. The first kappa shape index (κ1) is 11.2. The van der Waals surface area contributed by atoms with E-state index in [0.29, 0.717) is 12.4 Å². The molecule has 20 heavy (non-hydrogen) atoms. The van der Waals surface area contributed by atoms with E-state index < -0.39 is 0 Å². The third-order valence-corrected chi connectivity index (χ3v) is 3.74. The topological polar surface area (TPSA) is 50.4 Å². The highest BCUT2D eigenvalue weighted by Crippen LogP contribution is 2.38. The number of hydrogen-bond acceptors (Lipinski definition) is 3. The molecule has 1 N–H and O–H groups in total. The van der Waals surface area contributed by atoms with Crippen LogP contribution in [-0.2, 0) is 6.54 Å². The Balaban J connectivity index is 2.29. The molecular formula is C16H13N3O. The van der Waals surface area contributed by atoms with Crippen molar-refractivity contribution >= 4 is 22.5 Å². The van der Waals surface area contributed by atoms with Crippen LogP contribution < -0.4 is 10.7 Å². The van der Waals surface area contributed by atoms with Crippen LogP contribution in [0.4, 0.5) is 5.69 Å². The maximum Gasteiger partial charge on any atom is 0.199 e. The highest BCUT2D eigenvalue weighted by Gasteiger charge is 2.18. The zero-order valence-corrected chi connectivity index (χ0v) is 11.0. The van der Waals surface area contributed by atoms with Gasteiger partial charge in [-0.15, -0.1) is 0 Å². The van der Waals surface area contributed by atoms with Gasteiger partial charge in [-0.05, 0) is 37.3 Å². The van der Waals surface area contributed by atoms with E-state index in [1.165, 1.54) is 0 Å². The minimum Gasteiger partial charge on any atom is -0.494 e. The minimum atomic E-state index is 0.304. The summed E-state index contributed by atoms with van der Waals surface area (Å²) < 4.78 is 1.91. The zero-order valence-electron chi connectivity index (χ0n) is 11.0. The summed E-state index contributed by atoms with van der Waals surface area (Å²) >= 11 is 0. The van der Waals surface area contributed by atoms with Crippen LogP contribution in [0.5, 0.6) is 5.88 Å². The number of pyridine rings is 1. The lowest BCUT2D eigenvalue weighted by Gasteiger charge is -2.03. The Labute approximate surface area is 115 Å². The molecule has 0 unspecified atom stereocenters. The fraction of sp³-hybridized carbons (Fsp3) is 0.125. The molecule has 1 aliphatic rings. The van der Waals surface area contributed by atoms with Crippen LogP contribution in [0.2, 0.25) is 0 Å². The molecule has 0 spiro atoms. The zero-order chi connectivity index (χ0) is 13.7. The van der Waals surface area contributed by atoms with E-state index in [-0.39, 0.29) is 0 Å². The lowest BCUT2D eigenvalue weighted by molar-refractivity contribution is 0.426. The van der Waals surface area contributed by atoms with Crippen molar-refractivity contribution in [3.63, 3.8) is 0 Å². The summed E-state index contributed by atoms with van der Waals surface area (Å²) in [5.74, 6) is 0.304. The van der Waals surface area contributed by atoms with Crippen LogP contribution in [0.3, 0.4) is 0 Å². The van der Waals surface area contributed by atoms with Gasteiger partial charge in [-0.3, -0.25) is 0 Å². The average molecular weight is 263 g/mol. The van der Waals surface area contributed by atoms with E-state index in [4.69, 9.17) is 0 Å². The van der Waals surface area contributed by atoms with E-state index in [9.17, 15) is 5.11 Å². The summed E-state index contributed by atoms with van der Waals surface area (Å²) in [6.45, 7) is 2.73. The highest BCUT2D eigenvalue weighted by molar-refractivity contribution is 6.02. The Morgan fingerprint density at radius 1 is 1.20 bits per heavy atom. The van der Waals surface area contributed by atoms with Crippen LogP contribution in [-0.4, -0.2) is 14.7 Å². The molecule has 0 fully saturated rings. The molecule has 1 aromatic carbocycles. The van der Waals surface area contributed by atoms with Crippen molar-refractivity contribution in [3.8, 4) is 5.88 Å². The number of rotatable bonds is 1. The van der Waals surface area contributed by atoms with Gasteiger partial charge in [-0.25, -0.2) is 9.98 Å². The van der Waals surface area contributed by atoms with Gasteiger partial charge in [0.2, 0.25) is 0 Å². The van der Waals surface area contributed by atoms with Crippen molar-refractivity contribution in [1.29, 1.82) is 0 Å². The molecule has 2 aromatic heterocycles. The molecule has 3 aromatic rings. The monoisotopic (exact) mass is 263 g/mol. The number of fused-ring (bicyclic) bond motifs is 1. The quantitative estimate of drug-likeness (QED) is 0.570. The average Bonchev–Trinajstić information content (AvgIpc) is 2.64. The molecule has 0 saturated heterocycles. The van der Waals surface area contributed by atoms with E-state index >= 15 is 0 Å². The molecule has 0 radical (unpaired) electrons. The lowest BCUT2D eigenvalue weighted by Crippen LogP contribution is -2.27. The standard InChI is InChI=1S/C16H13N3O/c1-2-19-13-9-10-5-4-8-17-15(10)18-12-7-3-6-11(14(12)13)16(19)20/h3-9,20H,2H2,1H3. The third-order valence-electron chi connectivity index (χ3n) is 3.74. The van der Waals surface area contributed by atoms with Gasteiger partial charge >= 0.3 is 0 Å². The van der Waals surface area contributed by atoms with E-state index in [1.54, 1.807) is 6.20 Å². The van der Waals surface area contributed by atoms with E-state index in [2.05, 4.69) is 9.98 Å². The fourth-order valence-electron chi connectivity index (χ4n) is 2.83. The van der Waals surface area contributed by atoms with Gasteiger partial charge in [0.25, 0.3) is 0 Å². The van der Waals surface area contributed by atoms with Crippen LogP contribution in [0.15, 0.2) is 41.5 Å². The molecule has 0 aliphatic carbocycles. The first-order valence-corrected chi connectivity index (χ1v) is 6.65. The molecule has 1 aliphatic heterocycles. The molecule has 98 valence electrons. The Bertz CT molecular complexity index is 954. The van der Waals surface area contributed by atoms with Crippen molar-refractivity contribution in [1.82, 2.24) is 9.55 Å². The van der Waals surface area contributed by atoms with Crippen LogP contribution in [0.1, 0.15) is 12.6 Å². The smallest absolute Gasteiger partial charge is 0.199 e. The predicted molar refractivity (Wildman–Crippen MR) is 77.5 cm³/mol. The molecule has 3 heterocycles. The largest absolute Gasteiger partial charge is 0.494 e. The van der Waals surface area contributed by atoms with Gasteiger partial charge < -0.3 is 9.67 Å². The van der Waals surface area contributed by atoms with Crippen molar-refractivity contribution in [2.75, 3.05) is 0 Å². The van der Waals surface area contributed by atoms with Crippen LogP contribution in [0, 0.1) is 0 Å². The summed E-state index contributed by atoms with van der Waals surface area (Å²) in [5.41, 5.74) is 2.57. The van der Waals surface area contributed by atoms with E-state index in [0.717, 1.165) is 32.9 Å². The normalized spacial score (nSPS) is 12.4. The first-order valence-electron chi connectivity index (χ1n) is 6.65. The fourth-order valence-corrected chi connectivity index (χ4v) is 2.83. The number of nitrogens with zero attached hydrogens (tertiary/aromatic N) is 3. The molecule has 0 bridgehead atoms. The summed E-state index contributed by atoms with van der Waals surface area (Å²) in [5, 5.41) is 13.2. The van der Waals surface area contributed by atoms with Gasteiger partial charge in [-0.1, -0.05) is 6.07 Å². The number of hydrogen-bond donors (Lipinski definition) is 1. The molecule has 0 amide bonds. The summed E-state index contributed by atoms with van der Waals surface area (Å²) in [4.78, 5) is 8.98.